The number of carbonyl (C=O) groups excluding carboxylic acids is 1. The Kier molecular flexibility index (Phi) is 6.87. The summed E-state index contributed by atoms with van der Waals surface area (Å²) in [6, 6.07) is 12.5. The Bertz CT molecular complexity index is 833. The lowest BCUT2D eigenvalue weighted by Crippen LogP contribution is -2.29. The van der Waals surface area contributed by atoms with Gasteiger partial charge in [-0.15, -0.1) is 0 Å². The molecule has 1 aliphatic heterocycles. The molecule has 1 aliphatic rings. The highest BCUT2D eigenvalue weighted by atomic mass is 35.5. The number of anilines is 1. The number of non-ortho nitro benzene ring substituents is 1. The minimum Gasteiger partial charge on any atom is -0.372 e. The van der Waals surface area contributed by atoms with Gasteiger partial charge in [-0.1, -0.05) is 23.7 Å². The van der Waals surface area contributed by atoms with Crippen LogP contribution in [0.4, 0.5) is 11.4 Å². The van der Waals surface area contributed by atoms with E-state index in [0.717, 1.165) is 25.9 Å². The van der Waals surface area contributed by atoms with Crippen LogP contribution in [0.15, 0.2) is 42.5 Å². The predicted molar refractivity (Wildman–Crippen MR) is 111 cm³/mol. The van der Waals surface area contributed by atoms with Gasteiger partial charge < -0.3 is 10.2 Å². The van der Waals surface area contributed by atoms with Crippen molar-refractivity contribution in [1.29, 1.82) is 0 Å². The maximum absolute atomic E-state index is 12.2. The van der Waals surface area contributed by atoms with Crippen LogP contribution >= 0.6 is 11.6 Å². The summed E-state index contributed by atoms with van der Waals surface area (Å²) in [7, 11) is 0. The summed E-state index contributed by atoms with van der Waals surface area (Å²) in [5, 5.41) is 13.6. The van der Waals surface area contributed by atoms with Crippen molar-refractivity contribution in [1.82, 2.24) is 5.32 Å². The Balaban J connectivity index is 1.45. The van der Waals surface area contributed by atoms with Gasteiger partial charge in [-0.3, -0.25) is 14.9 Å². The molecule has 1 fully saturated rings. The number of hydrogen-bond acceptors (Lipinski definition) is 4. The van der Waals surface area contributed by atoms with Gasteiger partial charge in [-0.25, -0.2) is 0 Å². The van der Waals surface area contributed by atoms with Gasteiger partial charge in [0.1, 0.15) is 0 Å². The average Bonchev–Trinajstić information content (AvgIpc) is 2.72. The van der Waals surface area contributed by atoms with Gasteiger partial charge in [0.2, 0.25) is 0 Å². The largest absolute Gasteiger partial charge is 0.372 e. The quantitative estimate of drug-likeness (QED) is 0.418. The monoisotopic (exact) mass is 401 g/mol. The second kappa shape index (κ2) is 9.55. The first-order chi connectivity index (χ1) is 13.5. The molecule has 28 heavy (non-hydrogen) atoms. The van der Waals surface area contributed by atoms with Gasteiger partial charge in [0.15, 0.2) is 0 Å². The first-order valence-corrected chi connectivity index (χ1v) is 9.98. The molecule has 0 unspecified atom stereocenters. The molecule has 1 saturated heterocycles. The van der Waals surface area contributed by atoms with E-state index in [1.165, 1.54) is 48.7 Å². The van der Waals surface area contributed by atoms with Crippen molar-refractivity contribution >= 4 is 28.9 Å². The van der Waals surface area contributed by atoms with Crippen LogP contribution in [-0.4, -0.2) is 30.5 Å². The molecule has 148 valence electrons. The van der Waals surface area contributed by atoms with Crippen molar-refractivity contribution in [3.63, 3.8) is 0 Å². The second-order valence-corrected chi connectivity index (χ2v) is 7.40. The van der Waals surface area contributed by atoms with E-state index >= 15 is 0 Å². The first kappa shape index (κ1) is 20.1. The number of benzene rings is 2. The minimum atomic E-state index is -0.538. The van der Waals surface area contributed by atoms with Gasteiger partial charge in [0.05, 0.1) is 15.5 Å². The van der Waals surface area contributed by atoms with Crippen molar-refractivity contribution in [3.05, 3.63) is 68.7 Å². The molecule has 0 radical (unpaired) electrons. The number of amides is 1. The van der Waals surface area contributed by atoms with Crippen LogP contribution in [0, 0.1) is 10.1 Å². The normalized spacial score (nSPS) is 14.0. The number of nitrogens with one attached hydrogen (secondary N) is 1. The summed E-state index contributed by atoms with van der Waals surface area (Å²) in [6.07, 6.45) is 5.53. The molecule has 7 heteroatoms. The van der Waals surface area contributed by atoms with Gasteiger partial charge in [-0.2, -0.15) is 0 Å². The average molecular weight is 402 g/mol. The fraction of sp³-hybridized carbons (Fsp3) is 0.381. The van der Waals surface area contributed by atoms with E-state index in [1.807, 2.05) is 0 Å². The number of nitro benzene ring substituents is 1. The summed E-state index contributed by atoms with van der Waals surface area (Å²) >= 11 is 5.99. The summed E-state index contributed by atoms with van der Waals surface area (Å²) in [6.45, 7) is 2.78. The number of hydrogen-bond donors (Lipinski definition) is 1. The third-order valence-electron chi connectivity index (χ3n) is 4.99. The smallest absolute Gasteiger partial charge is 0.270 e. The van der Waals surface area contributed by atoms with Crippen molar-refractivity contribution in [2.45, 2.75) is 32.1 Å². The van der Waals surface area contributed by atoms with Crippen molar-refractivity contribution < 1.29 is 9.72 Å². The van der Waals surface area contributed by atoms with E-state index < -0.39 is 4.92 Å². The molecule has 0 atom stereocenters. The maximum atomic E-state index is 12.2. The molecule has 1 heterocycles. The number of aryl methyl sites for hydroxylation is 1. The van der Waals surface area contributed by atoms with E-state index in [2.05, 4.69) is 34.5 Å². The molecule has 1 amide bonds. The maximum Gasteiger partial charge on any atom is 0.270 e. The molecule has 6 nitrogen and oxygen atoms in total. The van der Waals surface area contributed by atoms with E-state index in [0.29, 0.717) is 6.54 Å². The van der Waals surface area contributed by atoms with Crippen LogP contribution < -0.4 is 10.2 Å². The van der Waals surface area contributed by atoms with Crippen molar-refractivity contribution in [3.8, 4) is 0 Å². The zero-order chi connectivity index (χ0) is 19.9. The lowest BCUT2D eigenvalue weighted by Gasteiger charge is -2.28. The number of carbonyl (C=O) groups is 1. The zero-order valence-corrected chi connectivity index (χ0v) is 16.5. The summed E-state index contributed by atoms with van der Waals surface area (Å²) in [4.78, 5) is 24.8. The van der Waals surface area contributed by atoms with E-state index in [-0.39, 0.29) is 22.2 Å². The number of halogens is 1. The van der Waals surface area contributed by atoms with Crippen molar-refractivity contribution in [2.75, 3.05) is 24.5 Å². The Morgan fingerprint density at radius 3 is 2.46 bits per heavy atom. The summed E-state index contributed by atoms with van der Waals surface area (Å²) in [5.41, 5.74) is 2.64. The standard InChI is InChI=1S/C21H24ClN3O3/c22-20-15-18(25(27)28)10-11-19(20)21(26)23-12-4-5-16-6-8-17(9-7-16)24-13-2-1-3-14-24/h6-11,15H,1-5,12-14H2,(H,23,26). The molecular weight excluding hydrogens is 378 g/mol. The third kappa shape index (κ3) is 5.23. The molecular formula is C21H24ClN3O3. The Labute approximate surface area is 169 Å². The van der Waals surface area contributed by atoms with Gasteiger partial charge in [0.25, 0.3) is 11.6 Å². The molecule has 0 aliphatic carbocycles. The molecule has 3 rings (SSSR count). The van der Waals surface area contributed by atoms with Gasteiger partial charge in [-0.05, 0) is 55.9 Å². The molecule has 0 spiro atoms. The lowest BCUT2D eigenvalue weighted by molar-refractivity contribution is -0.384. The highest BCUT2D eigenvalue weighted by molar-refractivity contribution is 6.34. The second-order valence-electron chi connectivity index (χ2n) is 6.99. The molecule has 0 saturated carbocycles. The van der Waals surface area contributed by atoms with Gasteiger partial charge in [0, 0.05) is 37.5 Å². The summed E-state index contributed by atoms with van der Waals surface area (Å²) in [5.74, 6) is -0.319. The molecule has 0 bridgehead atoms. The highest BCUT2D eigenvalue weighted by Crippen LogP contribution is 2.23. The van der Waals surface area contributed by atoms with Crippen molar-refractivity contribution in [2.24, 2.45) is 0 Å². The van der Waals surface area contributed by atoms with E-state index in [4.69, 9.17) is 11.6 Å². The van der Waals surface area contributed by atoms with Gasteiger partial charge >= 0.3 is 0 Å². The van der Waals surface area contributed by atoms with Crippen LogP contribution in [0.25, 0.3) is 0 Å². The number of piperidine rings is 1. The minimum absolute atomic E-state index is 0.0833. The molecule has 0 aromatic heterocycles. The Morgan fingerprint density at radius 1 is 1.11 bits per heavy atom. The molecule has 1 N–H and O–H groups in total. The SMILES string of the molecule is O=C(NCCCc1ccc(N2CCCCC2)cc1)c1ccc([N+](=O)[O-])cc1Cl. The fourth-order valence-electron chi connectivity index (χ4n) is 3.42. The highest BCUT2D eigenvalue weighted by Gasteiger charge is 2.14. The first-order valence-electron chi connectivity index (χ1n) is 9.60. The number of nitro groups is 1. The molecule has 2 aromatic carbocycles. The Morgan fingerprint density at radius 2 is 1.82 bits per heavy atom. The van der Waals surface area contributed by atoms with Crippen LogP contribution in [0.3, 0.4) is 0 Å². The third-order valence-corrected chi connectivity index (χ3v) is 5.31. The number of nitrogens with zero attached hydrogens (tertiary/aromatic N) is 2. The molecule has 2 aromatic rings. The Hall–Kier alpha value is -2.60. The lowest BCUT2D eigenvalue weighted by atomic mass is 10.1. The zero-order valence-electron chi connectivity index (χ0n) is 15.7. The fourth-order valence-corrected chi connectivity index (χ4v) is 3.68. The van der Waals surface area contributed by atoms with Crippen LogP contribution in [-0.2, 0) is 6.42 Å². The number of rotatable bonds is 7. The van der Waals surface area contributed by atoms with Crippen LogP contribution in [0.2, 0.25) is 5.02 Å². The van der Waals surface area contributed by atoms with E-state index in [9.17, 15) is 14.9 Å². The van der Waals surface area contributed by atoms with Crippen LogP contribution in [0.1, 0.15) is 41.6 Å². The summed E-state index contributed by atoms with van der Waals surface area (Å²) < 4.78 is 0. The van der Waals surface area contributed by atoms with E-state index in [1.54, 1.807) is 0 Å². The predicted octanol–water partition coefficient (Wildman–Crippen LogP) is 4.60. The topological polar surface area (TPSA) is 75.5 Å². The van der Waals surface area contributed by atoms with Crippen LogP contribution in [0.5, 0.6) is 0 Å².